The van der Waals surface area contributed by atoms with Crippen LogP contribution < -0.4 is 0 Å². The lowest BCUT2D eigenvalue weighted by molar-refractivity contribution is -0.186. The van der Waals surface area contributed by atoms with E-state index in [2.05, 4.69) is 6.92 Å². The molecule has 0 aromatic rings. The van der Waals surface area contributed by atoms with Gasteiger partial charge in [-0.15, -0.1) is 0 Å². The fourth-order valence-electron chi connectivity index (χ4n) is 2.87. The van der Waals surface area contributed by atoms with E-state index in [1.54, 1.807) is 0 Å². The third-order valence-corrected chi connectivity index (χ3v) is 4.45. The average molecular weight is 358 g/mol. The second-order valence-corrected chi connectivity index (χ2v) is 6.60. The maximum absolute atomic E-state index is 12.0. The molecule has 25 heavy (non-hydrogen) atoms. The Labute approximate surface area is 150 Å². The van der Waals surface area contributed by atoms with Gasteiger partial charge in [-0.3, -0.25) is 14.4 Å². The quantitative estimate of drug-likeness (QED) is 0.265. The van der Waals surface area contributed by atoms with E-state index in [0.29, 0.717) is 6.42 Å². The Morgan fingerprint density at radius 1 is 0.880 bits per heavy atom. The Morgan fingerprint density at radius 2 is 1.32 bits per heavy atom. The predicted octanol–water partition coefficient (Wildman–Crippen LogP) is 2.72. The van der Waals surface area contributed by atoms with Crippen LogP contribution >= 0.6 is 0 Å². The second kappa shape index (κ2) is 13.0. The van der Waals surface area contributed by atoms with Crippen molar-refractivity contribution >= 4 is 17.5 Å². The van der Waals surface area contributed by atoms with E-state index in [-0.39, 0.29) is 6.42 Å². The van der Waals surface area contributed by atoms with Gasteiger partial charge in [0.15, 0.2) is 11.6 Å². The number of ether oxygens (including phenoxy) is 1. The van der Waals surface area contributed by atoms with Gasteiger partial charge in [-0.25, -0.2) is 0 Å². The molecule has 1 atom stereocenters. The molecule has 146 valence electrons. The molecule has 0 aromatic heterocycles. The van der Waals surface area contributed by atoms with E-state index in [9.17, 15) is 19.5 Å². The molecular weight excluding hydrogens is 324 g/mol. The van der Waals surface area contributed by atoms with E-state index in [1.807, 2.05) is 0 Å². The summed E-state index contributed by atoms with van der Waals surface area (Å²) in [5, 5.41) is 18.9. The zero-order valence-electron chi connectivity index (χ0n) is 15.9. The molecule has 0 saturated heterocycles. The Bertz CT molecular complexity index is 404. The largest absolute Gasteiger partial charge is 0.440 e. The van der Waals surface area contributed by atoms with Gasteiger partial charge in [-0.1, -0.05) is 58.3 Å². The van der Waals surface area contributed by atoms with Gasteiger partial charge in [-0.05, 0) is 20.3 Å². The number of hydrogen-bond donors (Lipinski definition) is 2. The lowest BCUT2D eigenvalue weighted by Gasteiger charge is -2.31. The summed E-state index contributed by atoms with van der Waals surface area (Å²) in [7, 11) is 0. The zero-order chi connectivity index (χ0) is 19.3. The highest BCUT2D eigenvalue weighted by molar-refractivity contribution is 6.10. The number of aliphatic hydroxyl groups excluding tert-OH is 2. The number of ketones is 2. The van der Waals surface area contributed by atoms with E-state index in [4.69, 9.17) is 9.84 Å². The molecular formula is C19H34O6. The lowest BCUT2D eigenvalue weighted by Crippen LogP contribution is -2.58. The maximum atomic E-state index is 12.0. The van der Waals surface area contributed by atoms with Gasteiger partial charge in [0.1, 0.15) is 6.10 Å². The minimum Gasteiger partial charge on any atom is -0.440 e. The van der Waals surface area contributed by atoms with E-state index in [1.165, 1.54) is 32.1 Å². The predicted molar refractivity (Wildman–Crippen MR) is 95.1 cm³/mol. The van der Waals surface area contributed by atoms with Crippen molar-refractivity contribution in [1.82, 2.24) is 0 Å². The van der Waals surface area contributed by atoms with E-state index < -0.39 is 35.8 Å². The van der Waals surface area contributed by atoms with Crippen LogP contribution in [0.2, 0.25) is 0 Å². The molecule has 6 heteroatoms. The highest BCUT2D eigenvalue weighted by Crippen LogP contribution is 2.22. The van der Waals surface area contributed by atoms with Gasteiger partial charge < -0.3 is 14.9 Å². The van der Waals surface area contributed by atoms with Gasteiger partial charge in [0.05, 0.1) is 6.61 Å². The van der Waals surface area contributed by atoms with Gasteiger partial charge in [-0.2, -0.15) is 0 Å². The number of unbranched alkanes of at least 4 members (excludes halogenated alkanes) is 8. The molecule has 0 rings (SSSR count). The highest BCUT2D eigenvalue weighted by Gasteiger charge is 2.50. The third kappa shape index (κ3) is 8.10. The summed E-state index contributed by atoms with van der Waals surface area (Å²) < 4.78 is 5.04. The minimum absolute atomic E-state index is 0.0797. The van der Waals surface area contributed by atoms with Gasteiger partial charge in [0.25, 0.3) is 5.60 Å². The topological polar surface area (TPSA) is 101 Å². The molecule has 0 aromatic carbocycles. The Kier molecular flexibility index (Phi) is 12.3. The SMILES string of the molecule is CCCCCCCCCCCC(=O)OC(C(C)=O)(C(C)=O)C(O)CO. The van der Waals surface area contributed by atoms with Crippen molar-refractivity contribution in [2.75, 3.05) is 6.61 Å². The molecule has 0 saturated carbocycles. The summed E-state index contributed by atoms with van der Waals surface area (Å²) in [5.41, 5.74) is -2.30. The maximum Gasteiger partial charge on any atom is 0.307 e. The molecule has 0 aliphatic rings. The molecule has 0 aliphatic carbocycles. The number of aliphatic hydroxyl groups is 2. The molecule has 2 N–H and O–H groups in total. The number of esters is 1. The fraction of sp³-hybridized carbons (Fsp3) is 0.842. The minimum atomic E-state index is -2.30. The van der Waals surface area contributed by atoms with Gasteiger partial charge in [0, 0.05) is 6.42 Å². The van der Waals surface area contributed by atoms with Crippen LogP contribution in [0, 0.1) is 0 Å². The van der Waals surface area contributed by atoms with Crippen LogP contribution in [0.3, 0.4) is 0 Å². The van der Waals surface area contributed by atoms with Crippen molar-refractivity contribution in [3.05, 3.63) is 0 Å². The van der Waals surface area contributed by atoms with Crippen LogP contribution in [0.25, 0.3) is 0 Å². The van der Waals surface area contributed by atoms with Crippen LogP contribution in [0.5, 0.6) is 0 Å². The zero-order valence-corrected chi connectivity index (χ0v) is 15.9. The molecule has 0 fully saturated rings. The summed E-state index contributed by atoms with van der Waals surface area (Å²) in [4.78, 5) is 35.6. The molecule has 0 radical (unpaired) electrons. The number of carbonyl (C=O) groups is 3. The summed E-state index contributed by atoms with van der Waals surface area (Å²) in [5.74, 6) is -2.29. The van der Waals surface area contributed by atoms with Crippen molar-refractivity contribution in [3.63, 3.8) is 0 Å². The molecule has 6 nitrogen and oxygen atoms in total. The first-order valence-corrected chi connectivity index (χ1v) is 9.35. The van der Waals surface area contributed by atoms with Crippen molar-refractivity contribution in [2.45, 2.75) is 96.7 Å². The Morgan fingerprint density at radius 3 is 1.72 bits per heavy atom. The van der Waals surface area contributed by atoms with E-state index in [0.717, 1.165) is 33.1 Å². The van der Waals surface area contributed by atoms with Gasteiger partial charge >= 0.3 is 5.97 Å². The number of carbonyl (C=O) groups excluding carboxylic acids is 3. The van der Waals surface area contributed by atoms with Crippen LogP contribution in [0.4, 0.5) is 0 Å². The number of hydrogen-bond acceptors (Lipinski definition) is 6. The first-order valence-electron chi connectivity index (χ1n) is 9.35. The average Bonchev–Trinajstić information content (AvgIpc) is 2.56. The van der Waals surface area contributed by atoms with Gasteiger partial charge in [0.2, 0.25) is 0 Å². The number of Topliss-reactive ketones (excluding diaryl/α,β-unsaturated/α-hetero) is 2. The third-order valence-electron chi connectivity index (χ3n) is 4.45. The monoisotopic (exact) mass is 358 g/mol. The van der Waals surface area contributed by atoms with Crippen molar-refractivity contribution in [1.29, 1.82) is 0 Å². The molecule has 0 spiro atoms. The molecule has 0 heterocycles. The highest BCUT2D eigenvalue weighted by atomic mass is 16.6. The van der Waals surface area contributed by atoms with E-state index >= 15 is 0 Å². The molecule has 0 bridgehead atoms. The molecule has 0 amide bonds. The summed E-state index contributed by atoms with van der Waals surface area (Å²) in [6.07, 6.45) is 8.19. The van der Waals surface area contributed by atoms with Crippen molar-refractivity contribution in [2.24, 2.45) is 0 Å². The Hall–Kier alpha value is -1.27. The fourth-order valence-corrected chi connectivity index (χ4v) is 2.87. The van der Waals surface area contributed by atoms with Crippen molar-refractivity contribution in [3.8, 4) is 0 Å². The number of rotatable bonds is 15. The molecule has 1 unspecified atom stereocenters. The normalized spacial score (nSPS) is 12.7. The van der Waals surface area contributed by atoms with Crippen LogP contribution in [-0.2, 0) is 19.1 Å². The molecule has 0 aliphatic heterocycles. The first-order chi connectivity index (χ1) is 11.8. The van der Waals surface area contributed by atoms with Crippen molar-refractivity contribution < 1.29 is 29.3 Å². The van der Waals surface area contributed by atoms with Crippen LogP contribution in [-0.4, -0.2) is 46.1 Å². The smallest absolute Gasteiger partial charge is 0.307 e. The standard InChI is InChI=1S/C19H34O6/c1-4-5-6-7-8-9-10-11-12-13-18(24)25-19(15(2)21,16(3)22)17(23)14-20/h17,20,23H,4-14H2,1-3H3. The van der Waals surface area contributed by atoms with Crippen LogP contribution in [0.1, 0.15) is 85.0 Å². The summed E-state index contributed by atoms with van der Waals surface area (Å²) in [6.45, 7) is 3.47. The summed E-state index contributed by atoms with van der Waals surface area (Å²) >= 11 is 0. The summed E-state index contributed by atoms with van der Waals surface area (Å²) in [6, 6.07) is 0. The first kappa shape index (κ1) is 23.7. The van der Waals surface area contributed by atoms with Crippen LogP contribution in [0.15, 0.2) is 0 Å². The second-order valence-electron chi connectivity index (χ2n) is 6.60. The lowest BCUT2D eigenvalue weighted by atomic mass is 9.88. The Balaban J connectivity index is 4.24.